The fourth-order valence-electron chi connectivity index (χ4n) is 1.88. The Bertz CT molecular complexity index is 438. The molecule has 1 atom stereocenters. The number of thiophene rings is 1. The number of aliphatic imine (C=N–C) groups is 1. The Labute approximate surface area is 128 Å². The molecule has 0 saturated heterocycles. The summed E-state index contributed by atoms with van der Waals surface area (Å²) < 4.78 is 2.22. The normalized spacial score (nSPS) is 19.7. The highest BCUT2D eigenvalue weighted by Crippen LogP contribution is 2.38. The standard InChI is InChI=1S/C11H16Br2N4S/c1-16(2)3-4-17-8(6-15-11(17)14)9-5-7(12)10(13)18-9/h5,8H,3-4,6H2,1-2H3,(H2,14,15). The zero-order valence-corrected chi connectivity index (χ0v) is 14.3. The third kappa shape index (κ3) is 3.07. The van der Waals surface area contributed by atoms with Gasteiger partial charge in [-0.2, -0.15) is 0 Å². The molecule has 0 bridgehead atoms. The maximum Gasteiger partial charge on any atom is 0.191 e. The van der Waals surface area contributed by atoms with E-state index in [1.54, 1.807) is 11.3 Å². The average molecular weight is 396 g/mol. The van der Waals surface area contributed by atoms with Crippen molar-refractivity contribution in [1.82, 2.24) is 9.80 Å². The van der Waals surface area contributed by atoms with Crippen molar-refractivity contribution in [3.63, 3.8) is 0 Å². The molecule has 0 fully saturated rings. The van der Waals surface area contributed by atoms with E-state index in [2.05, 4.69) is 66.8 Å². The Morgan fingerprint density at radius 3 is 2.83 bits per heavy atom. The van der Waals surface area contributed by atoms with Crippen molar-refractivity contribution in [2.45, 2.75) is 6.04 Å². The molecule has 1 aliphatic heterocycles. The van der Waals surface area contributed by atoms with Gasteiger partial charge < -0.3 is 15.5 Å². The molecule has 0 aromatic carbocycles. The summed E-state index contributed by atoms with van der Waals surface area (Å²) >= 11 is 8.80. The Morgan fingerprint density at radius 1 is 1.56 bits per heavy atom. The van der Waals surface area contributed by atoms with Crippen LogP contribution in [0.25, 0.3) is 0 Å². The summed E-state index contributed by atoms with van der Waals surface area (Å²) in [6, 6.07) is 2.42. The van der Waals surface area contributed by atoms with Gasteiger partial charge in [-0.25, -0.2) is 0 Å². The minimum atomic E-state index is 0.276. The van der Waals surface area contributed by atoms with Gasteiger partial charge in [-0.1, -0.05) is 0 Å². The van der Waals surface area contributed by atoms with Gasteiger partial charge >= 0.3 is 0 Å². The Morgan fingerprint density at radius 2 is 2.28 bits per heavy atom. The van der Waals surface area contributed by atoms with Crippen LogP contribution < -0.4 is 5.73 Å². The molecule has 2 N–H and O–H groups in total. The molecule has 18 heavy (non-hydrogen) atoms. The molecular weight excluding hydrogens is 380 g/mol. The number of rotatable bonds is 4. The first-order valence-corrected chi connectivity index (χ1v) is 8.05. The lowest BCUT2D eigenvalue weighted by atomic mass is 10.2. The average Bonchev–Trinajstić information content (AvgIpc) is 2.81. The van der Waals surface area contributed by atoms with Crippen molar-refractivity contribution < 1.29 is 0 Å². The highest BCUT2D eigenvalue weighted by atomic mass is 79.9. The molecule has 0 saturated carbocycles. The minimum Gasteiger partial charge on any atom is -0.370 e. The van der Waals surface area contributed by atoms with Gasteiger partial charge in [-0.05, 0) is 52.0 Å². The summed E-state index contributed by atoms with van der Waals surface area (Å²) in [7, 11) is 4.13. The zero-order chi connectivity index (χ0) is 13.3. The van der Waals surface area contributed by atoms with Gasteiger partial charge in [-0.15, -0.1) is 11.3 Å². The zero-order valence-electron chi connectivity index (χ0n) is 10.4. The predicted molar refractivity (Wildman–Crippen MR) is 84.2 cm³/mol. The second-order valence-corrected chi connectivity index (χ2v) is 7.74. The summed E-state index contributed by atoms with van der Waals surface area (Å²) in [6.07, 6.45) is 0. The van der Waals surface area contributed by atoms with E-state index in [0.29, 0.717) is 5.96 Å². The number of hydrogen-bond acceptors (Lipinski definition) is 5. The van der Waals surface area contributed by atoms with Gasteiger partial charge in [0.1, 0.15) is 0 Å². The summed E-state index contributed by atoms with van der Waals surface area (Å²) in [5.74, 6) is 0.655. The molecule has 1 aromatic rings. The predicted octanol–water partition coefficient (Wildman–Crippen LogP) is 2.51. The summed E-state index contributed by atoms with van der Waals surface area (Å²) in [6.45, 7) is 2.62. The number of likely N-dealkylation sites (N-methyl/N-ethyl adjacent to an activating group) is 1. The monoisotopic (exact) mass is 394 g/mol. The van der Waals surface area contributed by atoms with Crippen molar-refractivity contribution in [3.05, 3.63) is 19.2 Å². The van der Waals surface area contributed by atoms with Crippen LogP contribution in [0.5, 0.6) is 0 Å². The van der Waals surface area contributed by atoms with Gasteiger partial charge in [0.25, 0.3) is 0 Å². The van der Waals surface area contributed by atoms with Crippen LogP contribution in [0.4, 0.5) is 0 Å². The summed E-state index contributed by atoms with van der Waals surface area (Å²) in [4.78, 5) is 10.00. The Kier molecular flexibility index (Phi) is 4.69. The third-order valence-corrected chi connectivity index (χ3v) is 6.23. The van der Waals surface area contributed by atoms with Crippen molar-refractivity contribution in [1.29, 1.82) is 0 Å². The maximum atomic E-state index is 5.98. The Hall–Kier alpha value is -0.110. The molecule has 100 valence electrons. The van der Waals surface area contributed by atoms with Gasteiger partial charge in [0, 0.05) is 22.4 Å². The molecular formula is C11H16Br2N4S. The number of nitrogens with two attached hydrogens (primary N) is 1. The number of halogens is 2. The molecule has 1 aliphatic rings. The van der Waals surface area contributed by atoms with Crippen LogP contribution in [0.3, 0.4) is 0 Å². The van der Waals surface area contributed by atoms with E-state index in [-0.39, 0.29) is 6.04 Å². The number of nitrogens with zero attached hydrogens (tertiary/aromatic N) is 3. The van der Waals surface area contributed by atoms with E-state index >= 15 is 0 Å². The minimum absolute atomic E-state index is 0.276. The van der Waals surface area contributed by atoms with Crippen LogP contribution in [0.15, 0.2) is 19.3 Å². The van der Waals surface area contributed by atoms with Crippen LogP contribution in [-0.4, -0.2) is 49.5 Å². The van der Waals surface area contributed by atoms with Crippen molar-refractivity contribution in [2.75, 3.05) is 33.7 Å². The van der Waals surface area contributed by atoms with E-state index in [9.17, 15) is 0 Å². The Balaban J connectivity index is 2.12. The molecule has 7 heteroatoms. The molecule has 2 heterocycles. The highest BCUT2D eigenvalue weighted by Gasteiger charge is 2.28. The largest absolute Gasteiger partial charge is 0.370 e. The topological polar surface area (TPSA) is 44.9 Å². The molecule has 1 aromatic heterocycles. The molecule has 2 rings (SSSR count). The lowest BCUT2D eigenvalue weighted by molar-refractivity contribution is 0.295. The van der Waals surface area contributed by atoms with Crippen LogP contribution >= 0.6 is 43.2 Å². The molecule has 0 spiro atoms. The SMILES string of the molecule is CN(C)CCN1C(N)=NCC1c1cc(Br)c(Br)s1. The van der Waals surface area contributed by atoms with E-state index < -0.39 is 0 Å². The lowest BCUT2D eigenvalue weighted by Gasteiger charge is -2.26. The fraction of sp³-hybridized carbons (Fsp3) is 0.545. The second kappa shape index (κ2) is 5.90. The first kappa shape index (κ1) is 14.3. The van der Waals surface area contributed by atoms with E-state index in [1.165, 1.54) is 4.88 Å². The van der Waals surface area contributed by atoms with Gasteiger partial charge in [0.2, 0.25) is 0 Å². The van der Waals surface area contributed by atoms with E-state index in [1.807, 2.05) is 0 Å². The highest BCUT2D eigenvalue weighted by molar-refractivity contribution is 9.13. The van der Waals surface area contributed by atoms with Crippen LogP contribution in [0, 0.1) is 0 Å². The first-order valence-electron chi connectivity index (χ1n) is 5.65. The van der Waals surface area contributed by atoms with Crippen molar-refractivity contribution in [2.24, 2.45) is 10.7 Å². The first-order chi connectivity index (χ1) is 8.49. The van der Waals surface area contributed by atoms with Crippen LogP contribution in [-0.2, 0) is 0 Å². The molecule has 0 aliphatic carbocycles. The molecule has 0 radical (unpaired) electrons. The summed E-state index contributed by atoms with van der Waals surface area (Å²) in [5, 5.41) is 0. The van der Waals surface area contributed by atoms with Crippen molar-refractivity contribution in [3.8, 4) is 0 Å². The van der Waals surface area contributed by atoms with Crippen LogP contribution in [0.1, 0.15) is 10.9 Å². The van der Waals surface area contributed by atoms with Crippen molar-refractivity contribution >= 4 is 49.2 Å². The van der Waals surface area contributed by atoms with E-state index in [4.69, 9.17) is 5.73 Å². The summed E-state index contributed by atoms with van der Waals surface area (Å²) in [5.41, 5.74) is 5.98. The van der Waals surface area contributed by atoms with Gasteiger partial charge in [-0.3, -0.25) is 4.99 Å². The smallest absolute Gasteiger partial charge is 0.191 e. The lowest BCUT2D eigenvalue weighted by Crippen LogP contribution is -2.40. The molecule has 0 amide bonds. The fourth-order valence-corrected chi connectivity index (χ4v) is 4.07. The second-order valence-electron chi connectivity index (χ2n) is 4.48. The maximum absolute atomic E-state index is 5.98. The third-order valence-electron chi connectivity index (χ3n) is 2.88. The quantitative estimate of drug-likeness (QED) is 0.851. The van der Waals surface area contributed by atoms with Crippen LogP contribution in [0.2, 0.25) is 0 Å². The van der Waals surface area contributed by atoms with E-state index in [0.717, 1.165) is 27.9 Å². The number of hydrogen-bond donors (Lipinski definition) is 1. The molecule has 4 nitrogen and oxygen atoms in total. The molecule has 1 unspecified atom stereocenters. The van der Waals surface area contributed by atoms with Gasteiger partial charge in [0.05, 0.1) is 16.4 Å². The van der Waals surface area contributed by atoms with Gasteiger partial charge in [0.15, 0.2) is 5.96 Å². The number of guanidine groups is 1.